The van der Waals surface area contributed by atoms with Crippen LogP contribution in [0.2, 0.25) is 0 Å². The molecule has 0 amide bonds. The Morgan fingerprint density at radius 1 is 0.857 bits per heavy atom. The zero-order chi connectivity index (χ0) is 25.6. The molecule has 186 valence electrons. The van der Waals surface area contributed by atoms with Crippen LogP contribution in [0.3, 0.4) is 0 Å². The molecular formula is C21H16F6N4O4. The number of hydrogen-bond donors (Lipinski definition) is 0. The van der Waals surface area contributed by atoms with Gasteiger partial charge < -0.3 is 14.2 Å². The van der Waals surface area contributed by atoms with Crippen molar-refractivity contribution in [3.63, 3.8) is 0 Å². The fourth-order valence-electron chi connectivity index (χ4n) is 3.33. The number of carbonyl (C=O) groups excluding carboxylic acids is 1. The van der Waals surface area contributed by atoms with E-state index in [2.05, 4.69) is 20.5 Å². The lowest BCUT2D eigenvalue weighted by Gasteiger charge is -2.16. The van der Waals surface area contributed by atoms with Crippen LogP contribution in [0.4, 0.5) is 26.3 Å². The van der Waals surface area contributed by atoms with Crippen LogP contribution in [0.1, 0.15) is 33.2 Å². The molecule has 2 aromatic carbocycles. The lowest BCUT2D eigenvalue weighted by atomic mass is 9.99. The number of ether oxygens (including phenoxy) is 3. The number of alkyl halides is 6. The molecule has 1 fully saturated rings. The maximum atomic E-state index is 12.8. The van der Waals surface area contributed by atoms with E-state index < -0.39 is 23.7 Å². The number of methoxy groups -OCH3 is 2. The highest BCUT2D eigenvalue weighted by Gasteiger charge is 2.66. The van der Waals surface area contributed by atoms with E-state index in [-0.39, 0.29) is 28.5 Å². The van der Waals surface area contributed by atoms with E-state index in [4.69, 9.17) is 14.2 Å². The molecule has 0 N–H and O–H groups in total. The Labute approximate surface area is 193 Å². The zero-order valence-electron chi connectivity index (χ0n) is 18.0. The van der Waals surface area contributed by atoms with Crippen LogP contribution < -0.4 is 9.47 Å². The summed E-state index contributed by atoms with van der Waals surface area (Å²) in [7, 11) is 2.68. The second-order valence-electron chi connectivity index (χ2n) is 7.59. The molecule has 14 heteroatoms. The van der Waals surface area contributed by atoms with Gasteiger partial charge in [0.1, 0.15) is 17.6 Å². The van der Waals surface area contributed by atoms with Crippen molar-refractivity contribution in [2.45, 2.75) is 29.8 Å². The number of benzene rings is 2. The van der Waals surface area contributed by atoms with E-state index in [9.17, 15) is 31.1 Å². The summed E-state index contributed by atoms with van der Waals surface area (Å²) in [6.45, 7) is 0.564. The lowest BCUT2D eigenvalue weighted by Crippen LogP contribution is -2.30. The summed E-state index contributed by atoms with van der Waals surface area (Å²) in [4.78, 5) is 10.6. The van der Waals surface area contributed by atoms with Crippen molar-refractivity contribution < 1.29 is 45.3 Å². The first kappa shape index (κ1) is 24.6. The third-order valence-corrected chi connectivity index (χ3v) is 5.47. The van der Waals surface area contributed by atoms with Crippen molar-refractivity contribution in [1.29, 1.82) is 0 Å². The molecule has 35 heavy (non-hydrogen) atoms. The highest BCUT2D eigenvalue weighted by Crippen LogP contribution is 2.54. The van der Waals surface area contributed by atoms with Gasteiger partial charge in [-0.25, -0.2) is 0 Å². The quantitative estimate of drug-likeness (QED) is 0.290. The van der Waals surface area contributed by atoms with E-state index >= 15 is 0 Å². The highest BCUT2D eigenvalue weighted by molar-refractivity contribution is 5.79. The standard InChI is InChI=1S/C11H9F3N2O2.C10H7F3N2O2/c1-17-8-4-6(2-3-7(8)9-5-18-9)10(15-16-10)11(12,13)14;1-17-8-4-7(3-2-6(8)5-16)9(14-15-9)10(11,12)13/h2-4,9H,5H2,1H3;2-5H,1H3. The normalized spacial score (nSPS) is 20.4. The summed E-state index contributed by atoms with van der Waals surface area (Å²) in [5.41, 5.74) is -4.15. The molecule has 5 rings (SSSR count). The summed E-state index contributed by atoms with van der Waals surface area (Å²) in [5.74, 6) is 0.439. The fourth-order valence-corrected chi connectivity index (χ4v) is 3.33. The van der Waals surface area contributed by atoms with Crippen molar-refractivity contribution >= 4 is 6.29 Å². The van der Waals surface area contributed by atoms with Crippen molar-refractivity contribution in [2.24, 2.45) is 20.5 Å². The number of nitrogens with zero attached hydrogens (tertiary/aromatic N) is 4. The first-order valence-corrected chi connectivity index (χ1v) is 9.87. The Kier molecular flexibility index (Phi) is 5.82. The Morgan fingerprint density at radius 2 is 1.31 bits per heavy atom. The molecule has 1 atom stereocenters. The molecule has 3 aliphatic heterocycles. The first-order chi connectivity index (χ1) is 16.4. The van der Waals surface area contributed by atoms with Gasteiger partial charge in [-0.15, -0.1) is 20.5 Å². The topological polar surface area (TPSA) is 97.5 Å². The third kappa shape index (κ3) is 4.33. The van der Waals surface area contributed by atoms with Gasteiger partial charge >= 0.3 is 23.7 Å². The smallest absolute Gasteiger partial charge is 0.442 e. The Hall–Kier alpha value is -3.55. The van der Waals surface area contributed by atoms with Gasteiger partial charge in [0, 0.05) is 16.7 Å². The lowest BCUT2D eigenvalue weighted by molar-refractivity contribution is -0.166. The Morgan fingerprint density at radius 3 is 1.69 bits per heavy atom. The number of halogens is 6. The third-order valence-electron chi connectivity index (χ3n) is 5.47. The second-order valence-corrected chi connectivity index (χ2v) is 7.59. The largest absolute Gasteiger partial charge is 0.496 e. The first-order valence-electron chi connectivity index (χ1n) is 9.87. The molecule has 0 spiro atoms. The average molecular weight is 502 g/mol. The van der Waals surface area contributed by atoms with Gasteiger partial charge in [0.15, 0.2) is 6.29 Å². The van der Waals surface area contributed by atoms with Crippen molar-refractivity contribution in [2.75, 3.05) is 20.8 Å². The van der Waals surface area contributed by atoms with E-state index in [1.165, 1.54) is 38.5 Å². The van der Waals surface area contributed by atoms with E-state index in [1.54, 1.807) is 6.07 Å². The zero-order valence-corrected chi connectivity index (χ0v) is 18.0. The second kappa shape index (κ2) is 8.29. The van der Waals surface area contributed by atoms with Crippen LogP contribution in [-0.2, 0) is 16.1 Å². The molecule has 0 aliphatic carbocycles. The SMILES string of the molecule is COc1cc(C2(C(F)(F)F)N=N2)ccc1C1CO1.COc1cc(C2(C(F)(F)F)N=N2)ccc1C=O. The van der Waals surface area contributed by atoms with Gasteiger partial charge in [0.25, 0.3) is 0 Å². The molecule has 3 heterocycles. The molecule has 0 aromatic heterocycles. The molecule has 1 unspecified atom stereocenters. The van der Waals surface area contributed by atoms with Gasteiger partial charge in [0.05, 0.1) is 26.4 Å². The number of rotatable bonds is 6. The van der Waals surface area contributed by atoms with Crippen LogP contribution in [0.15, 0.2) is 56.9 Å². The Bertz CT molecular complexity index is 1200. The minimum absolute atomic E-state index is 0.0312. The number of epoxide rings is 1. The number of carbonyl (C=O) groups is 1. The van der Waals surface area contributed by atoms with E-state index in [0.717, 1.165) is 11.6 Å². The molecule has 0 radical (unpaired) electrons. The monoisotopic (exact) mass is 502 g/mol. The molecule has 0 bridgehead atoms. The van der Waals surface area contributed by atoms with Crippen LogP contribution in [0, 0.1) is 0 Å². The predicted octanol–water partition coefficient (Wildman–Crippen LogP) is 5.64. The number of hydrogen-bond acceptors (Lipinski definition) is 8. The number of aldehydes is 1. The van der Waals surface area contributed by atoms with Crippen molar-refractivity contribution in [3.05, 3.63) is 58.7 Å². The van der Waals surface area contributed by atoms with Crippen LogP contribution in [0.25, 0.3) is 0 Å². The maximum absolute atomic E-state index is 12.8. The van der Waals surface area contributed by atoms with Gasteiger partial charge in [-0.3, -0.25) is 4.79 Å². The van der Waals surface area contributed by atoms with Gasteiger partial charge in [-0.2, -0.15) is 26.3 Å². The van der Waals surface area contributed by atoms with Crippen molar-refractivity contribution in [3.8, 4) is 11.5 Å². The van der Waals surface area contributed by atoms with Gasteiger partial charge in [-0.05, 0) is 18.2 Å². The Balaban J connectivity index is 0.000000165. The van der Waals surface area contributed by atoms with Crippen molar-refractivity contribution in [1.82, 2.24) is 0 Å². The maximum Gasteiger partial charge on any atom is 0.442 e. The molecule has 1 saturated heterocycles. The molecule has 2 aromatic rings. The van der Waals surface area contributed by atoms with Gasteiger partial charge in [-0.1, -0.05) is 18.2 Å². The average Bonchev–Trinajstić information content (AvgIpc) is 3.67. The van der Waals surface area contributed by atoms with Crippen LogP contribution in [-0.4, -0.2) is 39.5 Å². The molecular weight excluding hydrogens is 486 g/mol. The summed E-state index contributed by atoms with van der Waals surface area (Å²) in [6, 6.07) is 7.80. The van der Waals surface area contributed by atoms with Crippen LogP contribution in [0.5, 0.6) is 11.5 Å². The summed E-state index contributed by atoms with van der Waals surface area (Å²) < 4.78 is 91.6. The van der Waals surface area contributed by atoms with E-state index in [0.29, 0.717) is 18.6 Å². The minimum Gasteiger partial charge on any atom is -0.496 e. The minimum atomic E-state index is -4.58. The molecule has 8 nitrogen and oxygen atoms in total. The van der Waals surface area contributed by atoms with Gasteiger partial charge in [0.2, 0.25) is 0 Å². The fraction of sp³-hybridized carbons (Fsp3) is 0.381. The summed E-state index contributed by atoms with van der Waals surface area (Å²) in [6.07, 6.45) is -8.68. The van der Waals surface area contributed by atoms with E-state index in [1.807, 2.05) is 0 Å². The predicted molar refractivity (Wildman–Crippen MR) is 105 cm³/mol. The molecule has 3 aliphatic rings. The molecule has 0 saturated carbocycles. The highest BCUT2D eigenvalue weighted by atomic mass is 19.4. The van der Waals surface area contributed by atoms with Crippen LogP contribution >= 0.6 is 0 Å². The summed E-state index contributed by atoms with van der Waals surface area (Å²) in [5, 5.41) is 12.4. The summed E-state index contributed by atoms with van der Waals surface area (Å²) >= 11 is 0.